The van der Waals surface area contributed by atoms with Crippen molar-refractivity contribution in [1.82, 2.24) is 4.72 Å². The zero-order valence-corrected chi connectivity index (χ0v) is 14.4. The van der Waals surface area contributed by atoms with E-state index < -0.39 is 15.6 Å². The molecule has 1 aromatic carbocycles. The average molecular weight is 332 g/mol. The van der Waals surface area contributed by atoms with Crippen molar-refractivity contribution in [3.05, 3.63) is 24.3 Å². The molecule has 0 spiro atoms. The average Bonchev–Trinajstić information content (AvgIpc) is 2.39. The maximum atomic E-state index is 11.9. The molecule has 7 heteroatoms. The number of hydrogen-bond acceptors (Lipinski definition) is 5. The van der Waals surface area contributed by atoms with E-state index in [9.17, 15) is 8.42 Å². The molecule has 21 heavy (non-hydrogen) atoms. The normalized spacial score (nSPS) is 12.5. The van der Waals surface area contributed by atoms with Gasteiger partial charge in [-0.25, -0.2) is 13.1 Å². The van der Waals surface area contributed by atoms with Crippen LogP contribution in [-0.2, 0) is 14.8 Å². The minimum Gasteiger partial charge on any atom is -0.399 e. The van der Waals surface area contributed by atoms with Crippen molar-refractivity contribution in [2.24, 2.45) is 0 Å². The lowest BCUT2D eigenvalue weighted by Gasteiger charge is -2.24. The number of anilines is 1. The van der Waals surface area contributed by atoms with Crippen LogP contribution in [0.1, 0.15) is 20.8 Å². The highest BCUT2D eigenvalue weighted by molar-refractivity contribution is 8.00. The molecular formula is C14H24N2O3S2. The molecule has 0 saturated carbocycles. The van der Waals surface area contributed by atoms with Gasteiger partial charge in [-0.2, -0.15) is 0 Å². The van der Waals surface area contributed by atoms with Crippen LogP contribution < -0.4 is 10.5 Å². The van der Waals surface area contributed by atoms with Gasteiger partial charge in [-0.3, -0.25) is 0 Å². The predicted molar refractivity (Wildman–Crippen MR) is 89.1 cm³/mol. The molecule has 0 amide bonds. The van der Waals surface area contributed by atoms with Crippen LogP contribution in [0.2, 0.25) is 0 Å². The number of hydrogen-bond donors (Lipinski definition) is 2. The zero-order valence-electron chi connectivity index (χ0n) is 12.8. The number of nitrogens with one attached hydrogen (secondary N) is 1. The molecule has 0 fully saturated rings. The highest BCUT2D eigenvalue weighted by Gasteiger charge is 2.21. The van der Waals surface area contributed by atoms with Crippen LogP contribution in [-0.4, -0.2) is 38.7 Å². The Hall–Kier alpha value is -0.760. The van der Waals surface area contributed by atoms with Crippen molar-refractivity contribution in [3.63, 3.8) is 0 Å². The lowest BCUT2D eigenvalue weighted by Crippen LogP contribution is -2.41. The van der Waals surface area contributed by atoms with Gasteiger partial charge in [0.2, 0.25) is 10.0 Å². The standard InChI is InChI=1S/C14H24N2O3S2/c1-4-19-14(2,3)11-16-21(17,18)10-9-20-13-7-5-12(15)6-8-13/h5-8,16H,4,9-11,15H2,1-3H3. The van der Waals surface area contributed by atoms with Crippen LogP contribution in [0, 0.1) is 0 Å². The second-order valence-electron chi connectivity index (χ2n) is 5.25. The van der Waals surface area contributed by atoms with Crippen LogP contribution >= 0.6 is 11.8 Å². The summed E-state index contributed by atoms with van der Waals surface area (Å²) < 4.78 is 31.9. The summed E-state index contributed by atoms with van der Waals surface area (Å²) in [5, 5.41) is 0. The summed E-state index contributed by atoms with van der Waals surface area (Å²) in [6, 6.07) is 7.38. The molecule has 1 rings (SSSR count). The second-order valence-corrected chi connectivity index (χ2v) is 8.34. The first-order valence-electron chi connectivity index (χ1n) is 6.84. The van der Waals surface area contributed by atoms with Gasteiger partial charge in [0.25, 0.3) is 0 Å². The fraction of sp³-hybridized carbons (Fsp3) is 0.571. The summed E-state index contributed by atoms with van der Waals surface area (Å²) in [5.41, 5.74) is 5.81. The third-order valence-electron chi connectivity index (χ3n) is 2.75. The molecule has 0 unspecified atom stereocenters. The van der Waals surface area contributed by atoms with Gasteiger partial charge >= 0.3 is 0 Å². The Morgan fingerprint density at radius 3 is 2.48 bits per heavy atom. The molecule has 3 N–H and O–H groups in total. The molecule has 0 saturated heterocycles. The smallest absolute Gasteiger partial charge is 0.212 e. The summed E-state index contributed by atoms with van der Waals surface area (Å²) in [4.78, 5) is 1.01. The number of sulfonamides is 1. The molecular weight excluding hydrogens is 308 g/mol. The van der Waals surface area contributed by atoms with Crippen molar-refractivity contribution in [2.75, 3.05) is 30.4 Å². The first-order chi connectivity index (χ1) is 9.74. The van der Waals surface area contributed by atoms with Crippen LogP contribution in [0.5, 0.6) is 0 Å². The van der Waals surface area contributed by atoms with E-state index in [-0.39, 0.29) is 12.3 Å². The number of nitrogen functional groups attached to an aromatic ring is 1. The van der Waals surface area contributed by atoms with E-state index in [0.29, 0.717) is 18.0 Å². The van der Waals surface area contributed by atoms with Gasteiger partial charge in [0, 0.05) is 29.5 Å². The Balaban J connectivity index is 2.37. The molecule has 1 aromatic rings. The molecule has 0 atom stereocenters. The Bertz CT molecular complexity index is 528. The second kappa shape index (κ2) is 8.03. The minimum absolute atomic E-state index is 0.0737. The number of nitrogens with two attached hydrogens (primary N) is 1. The third kappa shape index (κ3) is 7.71. The third-order valence-corrected chi connectivity index (χ3v) is 5.35. The Labute approximate surface area is 131 Å². The molecule has 0 heterocycles. The van der Waals surface area contributed by atoms with E-state index in [1.807, 2.05) is 32.9 Å². The molecule has 5 nitrogen and oxygen atoms in total. The summed E-state index contributed by atoms with van der Waals surface area (Å²) in [7, 11) is -3.29. The maximum absolute atomic E-state index is 11.9. The van der Waals surface area contributed by atoms with E-state index in [4.69, 9.17) is 10.5 Å². The molecule has 0 aromatic heterocycles. The van der Waals surface area contributed by atoms with Gasteiger partial charge < -0.3 is 10.5 Å². The van der Waals surface area contributed by atoms with Crippen LogP contribution in [0.25, 0.3) is 0 Å². The van der Waals surface area contributed by atoms with E-state index in [0.717, 1.165) is 4.90 Å². The highest BCUT2D eigenvalue weighted by atomic mass is 32.2. The van der Waals surface area contributed by atoms with Gasteiger partial charge in [-0.15, -0.1) is 11.8 Å². The van der Waals surface area contributed by atoms with E-state index >= 15 is 0 Å². The SMILES string of the molecule is CCOC(C)(C)CNS(=O)(=O)CCSc1ccc(N)cc1. The molecule has 0 aliphatic rings. The zero-order chi connectivity index (χ0) is 15.9. The first kappa shape index (κ1) is 18.3. The van der Waals surface area contributed by atoms with Gasteiger partial charge in [-0.1, -0.05) is 0 Å². The molecule has 0 radical (unpaired) electrons. The van der Waals surface area contributed by atoms with Gasteiger partial charge in [0.1, 0.15) is 0 Å². The maximum Gasteiger partial charge on any atom is 0.212 e. The van der Waals surface area contributed by atoms with Crippen LogP contribution in [0.15, 0.2) is 29.2 Å². The number of ether oxygens (including phenoxy) is 1. The number of benzene rings is 1. The topological polar surface area (TPSA) is 81.4 Å². The molecule has 0 bridgehead atoms. The van der Waals surface area contributed by atoms with Crippen molar-refractivity contribution < 1.29 is 13.2 Å². The van der Waals surface area contributed by atoms with Crippen molar-refractivity contribution in [2.45, 2.75) is 31.3 Å². The van der Waals surface area contributed by atoms with E-state index in [2.05, 4.69) is 4.72 Å². The summed E-state index contributed by atoms with van der Waals surface area (Å²) in [6.07, 6.45) is 0. The lowest BCUT2D eigenvalue weighted by molar-refractivity contribution is -0.00514. The molecule has 0 aliphatic heterocycles. The Kier molecular flexibility index (Phi) is 6.99. The van der Waals surface area contributed by atoms with Crippen LogP contribution in [0.4, 0.5) is 5.69 Å². The molecule has 120 valence electrons. The van der Waals surface area contributed by atoms with E-state index in [1.165, 1.54) is 11.8 Å². The van der Waals surface area contributed by atoms with E-state index in [1.54, 1.807) is 12.1 Å². The van der Waals surface area contributed by atoms with Crippen molar-refractivity contribution in [3.8, 4) is 0 Å². The highest BCUT2D eigenvalue weighted by Crippen LogP contribution is 2.19. The summed E-state index contributed by atoms with van der Waals surface area (Å²) in [6.45, 7) is 6.45. The van der Waals surface area contributed by atoms with Gasteiger partial charge in [0.05, 0.1) is 11.4 Å². The van der Waals surface area contributed by atoms with Crippen LogP contribution in [0.3, 0.4) is 0 Å². The Morgan fingerprint density at radius 2 is 1.90 bits per heavy atom. The minimum atomic E-state index is -3.29. The monoisotopic (exact) mass is 332 g/mol. The van der Waals surface area contributed by atoms with Gasteiger partial charge in [-0.05, 0) is 45.0 Å². The summed E-state index contributed by atoms with van der Waals surface area (Å²) >= 11 is 1.49. The number of thioether (sulfide) groups is 1. The fourth-order valence-electron chi connectivity index (χ4n) is 1.63. The summed E-state index contributed by atoms with van der Waals surface area (Å²) in [5.74, 6) is 0.568. The largest absolute Gasteiger partial charge is 0.399 e. The van der Waals surface area contributed by atoms with Crippen molar-refractivity contribution >= 4 is 27.5 Å². The first-order valence-corrected chi connectivity index (χ1v) is 9.47. The molecule has 0 aliphatic carbocycles. The predicted octanol–water partition coefficient (Wildman–Crippen LogP) is 2.10. The lowest BCUT2D eigenvalue weighted by atomic mass is 10.1. The fourth-order valence-corrected chi connectivity index (χ4v) is 4.12. The van der Waals surface area contributed by atoms with Gasteiger partial charge in [0.15, 0.2) is 0 Å². The van der Waals surface area contributed by atoms with Crippen molar-refractivity contribution in [1.29, 1.82) is 0 Å². The number of rotatable bonds is 9. The Morgan fingerprint density at radius 1 is 1.29 bits per heavy atom. The quantitative estimate of drug-likeness (QED) is 0.534.